The molecule has 88 valence electrons. The van der Waals surface area contributed by atoms with Gasteiger partial charge in [-0.1, -0.05) is 15.9 Å². The second-order valence-corrected chi connectivity index (χ2v) is 3.77. The summed E-state index contributed by atoms with van der Waals surface area (Å²) in [4.78, 5) is 10.5. The van der Waals surface area contributed by atoms with Gasteiger partial charge >= 0.3 is 6.36 Å². The summed E-state index contributed by atoms with van der Waals surface area (Å²) < 4.78 is 39.2. The maximum Gasteiger partial charge on any atom is 0.522 e. The summed E-state index contributed by atoms with van der Waals surface area (Å²) in [5.41, 5.74) is -0.219. The number of alkyl halides is 3. The van der Waals surface area contributed by atoms with Gasteiger partial charge in [-0.2, -0.15) is 0 Å². The molecule has 7 heteroatoms. The van der Waals surface area contributed by atoms with Crippen LogP contribution in [0.3, 0.4) is 0 Å². The third kappa shape index (κ3) is 3.49. The minimum absolute atomic E-state index is 0.102. The Morgan fingerprint density at radius 3 is 2.56 bits per heavy atom. The topological polar surface area (TPSA) is 46.5 Å². The lowest BCUT2D eigenvalue weighted by molar-refractivity contribution is -0.330. The molecule has 16 heavy (non-hydrogen) atoms. The van der Waals surface area contributed by atoms with E-state index in [0.717, 1.165) is 0 Å². The van der Waals surface area contributed by atoms with E-state index in [9.17, 15) is 23.1 Å². The lowest BCUT2D eigenvalue weighted by Gasteiger charge is -2.10. The van der Waals surface area contributed by atoms with Gasteiger partial charge in [-0.3, -0.25) is 9.53 Å². The molecule has 0 heterocycles. The number of rotatable bonds is 3. The summed E-state index contributed by atoms with van der Waals surface area (Å²) in [7, 11) is 0. The number of phenols is 1. The number of ether oxygens (including phenoxy) is 1. The molecule has 0 saturated heterocycles. The van der Waals surface area contributed by atoms with Crippen molar-refractivity contribution in [2.75, 3.05) is 0 Å². The van der Waals surface area contributed by atoms with E-state index in [1.54, 1.807) is 0 Å². The molecular weight excluding hydrogens is 293 g/mol. The fraction of sp³-hybridized carbons (Fsp3) is 0.222. The van der Waals surface area contributed by atoms with E-state index in [2.05, 4.69) is 20.7 Å². The van der Waals surface area contributed by atoms with Crippen molar-refractivity contribution in [2.45, 2.75) is 13.0 Å². The molecule has 1 aromatic rings. The molecule has 0 saturated carbocycles. The van der Waals surface area contributed by atoms with Crippen molar-refractivity contribution in [3.05, 3.63) is 27.7 Å². The molecule has 0 aliphatic carbocycles. The van der Waals surface area contributed by atoms with Crippen molar-refractivity contribution in [3.8, 4) is 5.75 Å². The molecule has 0 amide bonds. The van der Waals surface area contributed by atoms with Gasteiger partial charge in [0.05, 0.1) is 12.2 Å². The first kappa shape index (κ1) is 13.0. The van der Waals surface area contributed by atoms with Gasteiger partial charge in [0.25, 0.3) is 0 Å². The van der Waals surface area contributed by atoms with Crippen LogP contribution < -0.4 is 0 Å². The Morgan fingerprint density at radius 2 is 2.06 bits per heavy atom. The van der Waals surface area contributed by atoms with Gasteiger partial charge in [-0.05, 0) is 12.1 Å². The average molecular weight is 299 g/mol. The lowest BCUT2D eigenvalue weighted by Crippen LogP contribution is -2.13. The van der Waals surface area contributed by atoms with Crippen LogP contribution in [0.5, 0.6) is 5.75 Å². The van der Waals surface area contributed by atoms with Crippen molar-refractivity contribution in [3.63, 3.8) is 0 Å². The van der Waals surface area contributed by atoms with Crippen LogP contribution in [0.15, 0.2) is 16.6 Å². The summed E-state index contributed by atoms with van der Waals surface area (Å²) in [6, 6.07) is 2.54. The molecule has 0 bridgehead atoms. The second-order valence-electron chi connectivity index (χ2n) is 2.86. The number of aromatic hydroxyl groups is 1. The first-order valence-electron chi connectivity index (χ1n) is 4.00. The molecule has 0 aliphatic rings. The van der Waals surface area contributed by atoms with Crippen molar-refractivity contribution < 1.29 is 27.8 Å². The van der Waals surface area contributed by atoms with Gasteiger partial charge in [0.15, 0.2) is 6.29 Å². The fourth-order valence-electron chi connectivity index (χ4n) is 1.04. The van der Waals surface area contributed by atoms with E-state index in [1.165, 1.54) is 12.1 Å². The highest BCUT2D eigenvalue weighted by Crippen LogP contribution is 2.29. The van der Waals surface area contributed by atoms with Gasteiger partial charge in [0.1, 0.15) is 5.75 Å². The minimum Gasteiger partial charge on any atom is -0.507 e. The standard InChI is InChI=1S/C9H6BrF3O3/c10-7-1-5(3-14)8(15)6(2-7)4-16-9(11,12)13/h1-3,15H,4H2. The lowest BCUT2D eigenvalue weighted by atomic mass is 10.1. The summed E-state index contributed by atoms with van der Waals surface area (Å²) in [6.07, 6.45) is -4.44. The average Bonchev–Trinajstić information content (AvgIpc) is 2.17. The minimum atomic E-state index is -4.78. The zero-order chi connectivity index (χ0) is 12.3. The fourth-order valence-corrected chi connectivity index (χ4v) is 1.56. The van der Waals surface area contributed by atoms with Crippen LogP contribution in [-0.4, -0.2) is 17.8 Å². The molecule has 3 nitrogen and oxygen atoms in total. The van der Waals surface area contributed by atoms with Gasteiger partial charge < -0.3 is 5.11 Å². The van der Waals surface area contributed by atoms with E-state index in [1.807, 2.05) is 0 Å². The quantitative estimate of drug-likeness (QED) is 0.873. The Morgan fingerprint density at radius 1 is 1.44 bits per heavy atom. The van der Waals surface area contributed by atoms with Gasteiger partial charge in [0.2, 0.25) is 0 Å². The van der Waals surface area contributed by atoms with E-state index in [-0.39, 0.29) is 11.1 Å². The van der Waals surface area contributed by atoms with Crippen LogP contribution in [0.1, 0.15) is 15.9 Å². The molecule has 0 fully saturated rings. The van der Waals surface area contributed by atoms with Crippen LogP contribution >= 0.6 is 15.9 Å². The monoisotopic (exact) mass is 298 g/mol. The molecule has 0 aromatic heterocycles. The number of halogens is 4. The van der Waals surface area contributed by atoms with Crippen LogP contribution in [0.2, 0.25) is 0 Å². The van der Waals surface area contributed by atoms with Crippen molar-refractivity contribution in [2.24, 2.45) is 0 Å². The maximum atomic E-state index is 11.8. The van der Waals surface area contributed by atoms with Crippen LogP contribution in [0, 0.1) is 0 Å². The maximum absolute atomic E-state index is 11.8. The molecule has 1 rings (SSSR count). The molecule has 1 N–H and O–H groups in total. The third-order valence-electron chi connectivity index (χ3n) is 1.70. The predicted octanol–water partition coefficient (Wildman–Crippen LogP) is 3.00. The Kier molecular flexibility index (Phi) is 3.93. The highest BCUT2D eigenvalue weighted by atomic mass is 79.9. The Balaban J connectivity index is 2.96. The Bertz CT molecular complexity index is 404. The van der Waals surface area contributed by atoms with E-state index in [0.29, 0.717) is 10.8 Å². The number of hydrogen-bond acceptors (Lipinski definition) is 3. The van der Waals surface area contributed by atoms with Crippen LogP contribution in [-0.2, 0) is 11.3 Å². The first-order valence-corrected chi connectivity index (χ1v) is 4.80. The van der Waals surface area contributed by atoms with Gasteiger partial charge in [-0.25, -0.2) is 0 Å². The number of benzene rings is 1. The van der Waals surface area contributed by atoms with Gasteiger partial charge in [0, 0.05) is 10.0 Å². The molecule has 1 aromatic carbocycles. The zero-order valence-corrected chi connectivity index (χ0v) is 9.30. The molecular formula is C9H6BrF3O3. The second kappa shape index (κ2) is 4.84. The van der Waals surface area contributed by atoms with Crippen molar-refractivity contribution in [1.29, 1.82) is 0 Å². The summed E-state index contributed by atoms with van der Waals surface area (Å²) in [5.74, 6) is -0.512. The van der Waals surface area contributed by atoms with Crippen molar-refractivity contribution in [1.82, 2.24) is 0 Å². The van der Waals surface area contributed by atoms with Crippen LogP contribution in [0.25, 0.3) is 0 Å². The number of phenolic OH excluding ortho intramolecular Hbond substituents is 1. The summed E-state index contributed by atoms with van der Waals surface area (Å²) in [5, 5.41) is 9.41. The molecule has 0 radical (unpaired) electrons. The third-order valence-corrected chi connectivity index (χ3v) is 2.16. The normalized spacial score (nSPS) is 11.5. The summed E-state index contributed by atoms with van der Waals surface area (Å²) >= 11 is 3.00. The van der Waals surface area contributed by atoms with E-state index >= 15 is 0 Å². The van der Waals surface area contributed by atoms with Crippen LogP contribution in [0.4, 0.5) is 13.2 Å². The molecule has 0 atom stereocenters. The molecule has 0 unspecified atom stereocenters. The largest absolute Gasteiger partial charge is 0.522 e. The highest BCUT2D eigenvalue weighted by Gasteiger charge is 2.29. The number of hydrogen-bond donors (Lipinski definition) is 1. The van der Waals surface area contributed by atoms with Gasteiger partial charge in [-0.15, -0.1) is 13.2 Å². The van der Waals surface area contributed by atoms with E-state index < -0.39 is 18.7 Å². The van der Waals surface area contributed by atoms with Crippen molar-refractivity contribution >= 4 is 22.2 Å². The Hall–Kier alpha value is -1.08. The number of carbonyl (C=O) groups is 1. The number of aldehydes is 1. The zero-order valence-electron chi connectivity index (χ0n) is 7.71. The molecule has 0 aliphatic heterocycles. The first-order chi connectivity index (χ1) is 7.33. The SMILES string of the molecule is O=Cc1cc(Br)cc(COC(F)(F)F)c1O. The smallest absolute Gasteiger partial charge is 0.507 e. The Labute approximate surface area is 97.0 Å². The highest BCUT2D eigenvalue weighted by molar-refractivity contribution is 9.10. The number of carbonyl (C=O) groups excluding carboxylic acids is 1. The molecule has 0 spiro atoms. The van der Waals surface area contributed by atoms with E-state index in [4.69, 9.17) is 0 Å². The predicted molar refractivity (Wildman–Crippen MR) is 52.0 cm³/mol. The summed E-state index contributed by atoms with van der Waals surface area (Å²) in [6.45, 7) is -0.852.